The molecule has 5 rings (SSSR count). The molecule has 3 heterocycles. The molecule has 1 aromatic carbocycles. The van der Waals surface area contributed by atoms with Crippen LogP contribution in [0.15, 0.2) is 52.4 Å². The van der Waals surface area contributed by atoms with Crippen LogP contribution in [0.4, 0.5) is 4.39 Å². The van der Waals surface area contributed by atoms with Gasteiger partial charge in [0.2, 0.25) is 0 Å². The van der Waals surface area contributed by atoms with E-state index in [0.717, 1.165) is 34.9 Å². The van der Waals surface area contributed by atoms with E-state index in [1.807, 2.05) is 26.0 Å². The number of hydrogen-bond donors (Lipinski definition) is 0. The van der Waals surface area contributed by atoms with Crippen LogP contribution in [0.25, 0.3) is 22.8 Å². The molecule has 1 fully saturated rings. The second-order valence-corrected chi connectivity index (χ2v) is 8.65. The predicted octanol–water partition coefficient (Wildman–Crippen LogP) is 5.03. The van der Waals surface area contributed by atoms with E-state index in [1.165, 1.54) is 17.8 Å². The third kappa shape index (κ3) is 3.60. The summed E-state index contributed by atoms with van der Waals surface area (Å²) in [7, 11) is 0. The van der Waals surface area contributed by atoms with Gasteiger partial charge in [0.1, 0.15) is 5.82 Å². The summed E-state index contributed by atoms with van der Waals surface area (Å²) in [6.07, 6.45) is 5.72. The van der Waals surface area contributed by atoms with E-state index in [9.17, 15) is 4.39 Å². The van der Waals surface area contributed by atoms with Crippen LogP contribution in [-0.4, -0.2) is 29.9 Å². The summed E-state index contributed by atoms with van der Waals surface area (Å²) in [5.41, 5.74) is 2.22. The molecular formula is C21H19FN6OS. The van der Waals surface area contributed by atoms with Crippen molar-refractivity contribution in [3.63, 3.8) is 0 Å². The van der Waals surface area contributed by atoms with E-state index in [1.54, 1.807) is 24.5 Å². The zero-order valence-corrected chi connectivity index (χ0v) is 17.3. The van der Waals surface area contributed by atoms with Crippen molar-refractivity contribution < 1.29 is 8.91 Å². The van der Waals surface area contributed by atoms with Gasteiger partial charge in [-0.3, -0.25) is 9.55 Å². The summed E-state index contributed by atoms with van der Waals surface area (Å²) < 4.78 is 21.7. The number of pyridine rings is 1. The molecular weight excluding hydrogens is 403 g/mol. The van der Waals surface area contributed by atoms with Crippen molar-refractivity contribution in [3.8, 4) is 22.8 Å². The minimum atomic E-state index is -0.383. The summed E-state index contributed by atoms with van der Waals surface area (Å²) in [5.74, 6) is 1.13. The fourth-order valence-corrected chi connectivity index (χ4v) is 4.19. The molecule has 9 heteroatoms. The molecule has 0 amide bonds. The Kier molecular flexibility index (Phi) is 4.82. The van der Waals surface area contributed by atoms with Gasteiger partial charge in [-0.25, -0.2) is 4.39 Å². The lowest BCUT2D eigenvalue weighted by molar-refractivity contribution is 0.420. The summed E-state index contributed by atoms with van der Waals surface area (Å²) >= 11 is 1.52. The molecule has 1 unspecified atom stereocenters. The Morgan fingerprint density at radius 1 is 1.17 bits per heavy atom. The van der Waals surface area contributed by atoms with E-state index in [2.05, 4.69) is 29.9 Å². The second-order valence-electron chi connectivity index (χ2n) is 7.34. The monoisotopic (exact) mass is 422 g/mol. The second kappa shape index (κ2) is 7.64. The highest BCUT2D eigenvalue weighted by Crippen LogP contribution is 2.43. The average Bonchev–Trinajstić information content (AvgIpc) is 3.31. The average molecular weight is 422 g/mol. The molecule has 0 bridgehead atoms. The first-order valence-electron chi connectivity index (χ1n) is 9.72. The van der Waals surface area contributed by atoms with Gasteiger partial charge < -0.3 is 4.52 Å². The van der Waals surface area contributed by atoms with Crippen LogP contribution in [0.3, 0.4) is 0 Å². The zero-order chi connectivity index (χ0) is 20.7. The van der Waals surface area contributed by atoms with Gasteiger partial charge in [-0.15, -0.1) is 10.2 Å². The van der Waals surface area contributed by atoms with Crippen LogP contribution in [0, 0.1) is 12.7 Å². The van der Waals surface area contributed by atoms with Crippen molar-refractivity contribution >= 4 is 11.8 Å². The number of hydrogen-bond acceptors (Lipinski definition) is 7. The molecule has 7 nitrogen and oxygen atoms in total. The molecule has 4 aromatic rings. The molecule has 1 atom stereocenters. The highest BCUT2D eigenvalue weighted by molar-refractivity contribution is 7.99. The lowest BCUT2D eigenvalue weighted by atomic mass is 10.1. The van der Waals surface area contributed by atoms with Crippen molar-refractivity contribution in [2.24, 2.45) is 0 Å². The predicted molar refractivity (Wildman–Crippen MR) is 110 cm³/mol. The molecule has 1 aliphatic rings. The van der Waals surface area contributed by atoms with Crippen molar-refractivity contribution in [1.82, 2.24) is 29.9 Å². The number of aromatic nitrogens is 6. The zero-order valence-electron chi connectivity index (χ0n) is 16.5. The van der Waals surface area contributed by atoms with Gasteiger partial charge in [-0.05, 0) is 51.0 Å². The number of benzene rings is 1. The number of aryl methyl sites for hydroxylation is 1. The molecule has 30 heavy (non-hydrogen) atoms. The van der Waals surface area contributed by atoms with Gasteiger partial charge in [0.05, 0.1) is 10.8 Å². The minimum absolute atomic E-state index is 0.137. The van der Waals surface area contributed by atoms with E-state index < -0.39 is 0 Å². The summed E-state index contributed by atoms with van der Waals surface area (Å²) in [4.78, 5) is 8.51. The van der Waals surface area contributed by atoms with Gasteiger partial charge in [0.25, 0.3) is 5.89 Å². The Hall–Kier alpha value is -3.07. The van der Waals surface area contributed by atoms with E-state index in [4.69, 9.17) is 4.52 Å². The molecule has 0 spiro atoms. The van der Waals surface area contributed by atoms with Gasteiger partial charge >= 0.3 is 0 Å². The first-order chi connectivity index (χ1) is 14.6. The van der Waals surface area contributed by atoms with E-state index >= 15 is 0 Å². The standard InChI is InChI=1S/C21H19FN6OS/c1-12-3-6-17(22)16(11-12)20-24-18(27-29-20)13(2)30-21-26-25-19(28(21)15-4-5-15)14-7-9-23-10-8-14/h3,6-11,13,15H,4-5H2,1-2H3. The van der Waals surface area contributed by atoms with Gasteiger partial charge in [0.15, 0.2) is 16.8 Å². The normalized spacial score (nSPS) is 14.8. The molecule has 1 saturated carbocycles. The molecule has 0 N–H and O–H groups in total. The van der Waals surface area contributed by atoms with Crippen LogP contribution in [0.2, 0.25) is 0 Å². The van der Waals surface area contributed by atoms with Gasteiger partial charge in [-0.1, -0.05) is 28.5 Å². The Morgan fingerprint density at radius 3 is 2.73 bits per heavy atom. The number of rotatable bonds is 6. The molecule has 0 radical (unpaired) electrons. The highest BCUT2D eigenvalue weighted by Gasteiger charge is 2.31. The largest absolute Gasteiger partial charge is 0.334 e. The molecule has 0 aliphatic heterocycles. The smallest absolute Gasteiger partial charge is 0.260 e. The first kappa shape index (κ1) is 18.9. The van der Waals surface area contributed by atoms with Crippen molar-refractivity contribution in [3.05, 3.63) is 59.9 Å². The van der Waals surface area contributed by atoms with Crippen molar-refractivity contribution in [2.75, 3.05) is 0 Å². The Bertz CT molecular complexity index is 1190. The highest BCUT2D eigenvalue weighted by atomic mass is 32.2. The topological polar surface area (TPSA) is 82.5 Å². The first-order valence-corrected chi connectivity index (χ1v) is 10.6. The Morgan fingerprint density at radius 2 is 1.97 bits per heavy atom. The maximum absolute atomic E-state index is 14.2. The van der Waals surface area contributed by atoms with Crippen LogP contribution in [-0.2, 0) is 0 Å². The summed E-state index contributed by atoms with van der Waals surface area (Å²) in [6.45, 7) is 3.87. The van der Waals surface area contributed by atoms with Crippen LogP contribution < -0.4 is 0 Å². The van der Waals surface area contributed by atoms with E-state index in [-0.39, 0.29) is 17.0 Å². The summed E-state index contributed by atoms with van der Waals surface area (Å²) in [6, 6.07) is 9.09. The maximum Gasteiger partial charge on any atom is 0.260 e. The fourth-order valence-electron chi connectivity index (χ4n) is 3.24. The van der Waals surface area contributed by atoms with Crippen molar-refractivity contribution in [1.29, 1.82) is 0 Å². The number of thioether (sulfide) groups is 1. The van der Waals surface area contributed by atoms with Crippen molar-refractivity contribution in [2.45, 2.75) is 43.1 Å². The number of halogens is 1. The molecule has 152 valence electrons. The van der Waals surface area contributed by atoms with Crippen LogP contribution in [0.1, 0.15) is 42.4 Å². The lowest BCUT2D eigenvalue weighted by Crippen LogP contribution is -2.01. The molecule has 0 saturated heterocycles. The lowest BCUT2D eigenvalue weighted by Gasteiger charge is -2.10. The maximum atomic E-state index is 14.2. The third-order valence-electron chi connectivity index (χ3n) is 4.95. The van der Waals surface area contributed by atoms with Crippen LogP contribution >= 0.6 is 11.8 Å². The Labute approximate surface area is 176 Å². The quantitative estimate of drug-likeness (QED) is 0.403. The van der Waals surface area contributed by atoms with Gasteiger partial charge in [0, 0.05) is 24.0 Å². The third-order valence-corrected chi connectivity index (χ3v) is 6.01. The van der Waals surface area contributed by atoms with Gasteiger partial charge in [-0.2, -0.15) is 4.98 Å². The Balaban J connectivity index is 1.41. The minimum Gasteiger partial charge on any atom is -0.334 e. The van der Waals surface area contributed by atoms with E-state index in [0.29, 0.717) is 17.4 Å². The molecule has 1 aliphatic carbocycles. The van der Waals surface area contributed by atoms with Crippen LogP contribution in [0.5, 0.6) is 0 Å². The SMILES string of the molecule is Cc1ccc(F)c(-c2nc(C(C)Sc3nnc(-c4ccncc4)n3C3CC3)no2)c1. The fraction of sp³-hybridized carbons (Fsp3) is 0.286. The molecule has 3 aromatic heterocycles. The number of nitrogens with zero attached hydrogens (tertiary/aromatic N) is 6. The summed E-state index contributed by atoms with van der Waals surface area (Å²) in [5, 5.41) is 13.6.